The van der Waals surface area contributed by atoms with E-state index in [0.717, 1.165) is 50.4 Å². The first kappa shape index (κ1) is 25.7. The average Bonchev–Trinajstić information content (AvgIpc) is 3.81. The van der Waals surface area contributed by atoms with Crippen LogP contribution in [0.2, 0.25) is 0 Å². The van der Waals surface area contributed by atoms with Crippen molar-refractivity contribution >= 4 is 70.8 Å². The van der Waals surface area contributed by atoms with Crippen molar-refractivity contribution in [2.45, 2.75) is 6.92 Å². The number of anilines is 3. The number of oxazole rings is 2. The second kappa shape index (κ2) is 10.2. The third-order valence-corrected chi connectivity index (χ3v) is 9.41. The van der Waals surface area contributed by atoms with Crippen molar-refractivity contribution in [1.82, 2.24) is 9.97 Å². The molecule has 6 aromatic carbocycles. The maximum atomic E-state index is 6.05. The molecule has 0 amide bonds. The SMILES string of the molecule is Cc1cccc2sc3ccc(N(c4ccc(-c5nc6ccccc6o5)cc4)c4ccc(-c5nc6ccccc6o5)cc4)cc3c12. The van der Waals surface area contributed by atoms with Gasteiger partial charge in [-0.1, -0.05) is 36.4 Å². The first-order chi connectivity index (χ1) is 22.2. The summed E-state index contributed by atoms with van der Waals surface area (Å²) in [5.41, 5.74) is 9.54. The standard InChI is InChI=1S/C39H25N3O2S/c1-24-7-6-12-36-37(24)30-23-29(21-22-35(30)45-36)42(27-17-13-25(14-18-27)38-40-31-8-2-4-10-33(31)43-38)28-19-15-26(16-20-28)39-41-32-9-3-5-11-34(32)44-39/h2-23H,1H3. The van der Waals surface area contributed by atoms with Crippen LogP contribution in [-0.4, -0.2) is 9.97 Å². The molecule has 9 aromatic rings. The number of para-hydroxylation sites is 4. The molecule has 0 bridgehead atoms. The summed E-state index contributed by atoms with van der Waals surface area (Å²) >= 11 is 1.84. The van der Waals surface area contributed by atoms with Crippen LogP contribution in [0.25, 0.3) is 65.3 Å². The van der Waals surface area contributed by atoms with Gasteiger partial charge in [-0.3, -0.25) is 0 Å². The van der Waals surface area contributed by atoms with Gasteiger partial charge in [0.2, 0.25) is 11.8 Å². The highest BCUT2D eigenvalue weighted by Gasteiger charge is 2.17. The molecule has 3 aromatic heterocycles. The Balaban J connectivity index is 1.16. The number of fused-ring (bicyclic) bond motifs is 5. The zero-order valence-electron chi connectivity index (χ0n) is 24.3. The molecule has 45 heavy (non-hydrogen) atoms. The van der Waals surface area contributed by atoms with E-state index >= 15 is 0 Å². The van der Waals surface area contributed by atoms with E-state index in [1.807, 2.05) is 59.9 Å². The lowest BCUT2D eigenvalue weighted by molar-refractivity contribution is 0.619. The van der Waals surface area contributed by atoms with Crippen molar-refractivity contribution in [2.75, 3.05) is 4.90 Å². The third-order valence-electron chi connectivity index (χ3n) is 8.28. The molecule has 0 atom stereocenters. The molecule has 0 N–H and O–H groups in total. The molecule has 0 spiro atoms. The van der Waals surface area contributed by atoms with Gasteiger partial charge in [0.15, 0.2) is 11.2 Å². The first-order valence-corrected chi connectivity index (χ1v) is 15.6. The molecule has 0 saturated heterocycles. The minimum atomic E-state index is 0.610. The smallest absolute Gasteiger partial charge is 0.227 e. The molecule has 5 nitrogen and oxygen atoms in total. The number of nitrogens with zero attached hydrogens (tertiary/aromatic N) is 3. The fourth-order valence-electron chi connectivity index (χ4n) is 6.08. The van der Waals surface area contributed by atoms with Crippen LogP contribution >= 0.6 is 11.3 Å². The lowest BCUT2D eigenvalue weighted by Gasteiger charge is -2.26. The van der Waals surface area contributed by atoms with Gasteiger partial charge < -0.3 is 13.7 Å². The van der Waals surface area contributed by atoms with Gasteiger partial charge >= 0.3 is 0 Å². The van der Waals surface area contributed by atoms with Gasteiger partial charge in [-0.05, 0) is 110 Å². The summed E-state index contributed by atoms with van der Waals surface area (Å²) in [7, 11) is 0. The predicted molar refractivity (Wildman–Crippen MR) is 185 cm³/mol. The van der Waals surface area contributed by atoms with E-state index in [4.69, 9.17) is 18.8 Å². The number of hydrogen-bond acceptors (Lipinski definition) is 6. The van der Waals surface area contributed by atoms with E-state index < -0.39 is 0 Å². The monoisotopic (exact) mass is 599 g/mol. The quantitative estimate of drug-likeness (QED) is 0.197. The summed E-state index contributed by atoms with van der Waals surface area (Å²) in [6, 6.07) is 45.8. The second-order valence-corrected chi connectivity index (χ2v) is 12.2. The Morgan fingerprint density at radius 2 is 1.09 bits per heavy atom. The van der Waals surface area contributed by atoms with Crippen molar-refractivity contribution in [3.63, 3.8) is 0 Å². The van der Waals surface area contributed by atoms with Crippen molar-refractivity contribution < 1.29 is 8.83 Å². The average molecular weight is 600 g/mol. The Hall–Kier alpha value is -5.72. The van der Waals surface area contributed by atoms with E-state index in [0.29, 0.717) is 11.8 Å². The van der Waals surface area contributed by atoms with Gasteiger partial charge in [-0.15, -0.1) is 11.3 Å². The van der Waals surface area contributed by atoms with Crippen LogP contribution in [0, 0.1) is 6.92 Å². The van der Waals surface area contributed by atoms with E-state index in [-0.39, 0.29) is 0 Å². The Bertz CT molecular complexity index is 2320. The number of thiophene rings is 1. The van der Waals surface area contributed by atoms with Crippen molar-refractivity contribution in [3.05, 3.63) is 139 Å². The van der Waals surface area contributed by atoms with E-state index in [2.05, 4.69) is 96.8 Å². The highest BCUT2D eigenvalue weighted by molar-refractivity contribution is 7.25. The van der Waals surface area contributed by atoms with Crippen LogP contribution < -0.4 is 4.90 Å². The third kappa shape index (κ3) is 4.38. The van der Waals surface area contributed by atoms with Crippen molar-refractivity contribution in [2.24, 2.45) is 0 Å². The summed E-state index contributed by atoms with van der Waals surface area (Å²) in [5.74, 6) is 1.22. The fraction of sp³-hybridized carbons (Fsp3) is 0.0256. The Morgan fingerprint density at radius 1 is 0.533 bits per heavy atom. The molecule has 0 fully saturated rings. The van der Waals surface area contributed by atoms with Gasteiger partial charge in [-0.25, -0.2) is 9.97 Å². The summed E-state index contributed by atoms with van der Waals surface area (Å²) < 4.78 is 14.7. The van der Waals surface area contributed by atoms with Gasteiger partial charge in [0, 0.05) is 48.4 Å². The molecule has 214 valence electrons. The van der Waals surface area contributed by atoms with Crippen LogP contribution in [0.4, 0.5) is 17.1 Å². The van der Waals surface area contributed by atoms with Crippen LogP contribution in [0.3, 0.4) is 0 Å². The van der Waals surface area contributed by atoms with Crippen LogP contribution in [-0.2, 0) is 0 Å². The number of benzene rings is 6. The Morgan fingerprint density at radius 3 is 1.67 bits per heavy atom. The van der Waals surface area contributed by atoms with E-state index in [1.54, 1.807) is 0 Å². The number of rotatable bonds is 5. The zero-order chi connectivity index (χ0) is 29.9. The summed E-state index contributed by atoms with van der Waals surface area (Å²) in [5, 5.41) is 2.58. The van der Waals surface area contributed by atoms with Crippen molar-refractivity contribution in [1.29, 1.82) is 0 Å². The molecule has 6 heteroatoms. The zero-order valence-corrected chi connectivity index (χ0v) is 25.1. The minimum Gasteiger partial charge on any atom is -0.436 e. The first-order valence-electron chi connectivity index (χ1n) is 14.8. The number of aryl methyl sites for hydroxylation is 1. The molecule has 9 rings (SSSR count). The Labute approximate surface area is 262 Å². The number of aromatic nitrogens is 2. The fourth-order valence-corrected chi connectivity index (χ4v) is 7.24. The molecule has 0 saturated carbocycles. The molecule has 3 heterocycles. The van der Waals surface area contributed by atoms with Crippen LogP contribution in [0.15, 0.2) is 142 Å². The van der Waals surface area contributed by atoms with Gasteiger partial charge in [-0.2, -0.15) is 0 Å². The predicted octanol–water partition coefficient (Wildman–Crippen LogP) is 11.4. The molecule has 0 radical (unpaired) electrons. The maximum absolute atomic E-state index is 6.05. The highest BCUT2D eigenvalue weighted by atomic mass is 32.1. The molecule has 0 aliphatic carbocycles. The lowest BCUT2D eigenvalue weighted by Crippen LogP contribution is -2.09. The lowest BCUT2D eigenvalue weighted by atomic mass is 10.1. The van der Waals surface area contributed by atoms with Gasteiger partial charge in [0.05, 0.1) is 0 Å². The molecule has 0 unspecified atom stereocenters. The molecular weight excluding hydrogens is 575 g/mol. The summed E-state index contributed by atoms with van der Waals surface area (Å²) in [6.45, 7) is 2.19. The number of hydrogen-bond donors (Lipinski definition) is 0. The highest BCUT2D eigenvalue weighted by Crippen LogP contribution is 2.42. The molecule has 0 aliphatic rings. The second-order valence-electron chi connectivity index (χ2n) is 11.1. The van der Waals surface area contributed by atoms with Crippen LogP contribution in [0.1, 0.15) is 5.56 Å². The topological polar surface area (TPSA) is 55.3 Å². The van der Waals surface area contributed by atoms with E-state index in [9.17, 15) is 0 Å². The van der Waals surface area contributed by atoms with Crippen molar-refractivity contribution in [3.8, 4) is 22.9 Å². The van der Waals surface area contributed by atoms with E-state index in [1.165, 1.54) is 25.7 Å². The summed E-state index contributed by atoms with van der Waals surface area (Å²) in [6.07, 6.45) is 0. The maximum Gasteiger partial charge on any atom is 0.227 e. The Kier molecular flexibility index (Phi) is 5.83. The minimum absolute atomic E-state index is 0.610. The summed E-state index contributed by atoms with van der Waals surface area (Å²) in [4.78, 5) is 11.7. The van der Waals surface area contributed by atoms with Gasteiger partial charge in [0.1, 0.15) is 11.0 Å². The van der Waals surface area contributed by atoms with Crippen LogP contribution in [0.5, 0.6) is 0 Å². The molecular formula is C39H25N3O2S. The molecule has 0 aliphatic heterocycles. The normalized spacial score (nSPS) is 11.7. The largest absolute Gasteiger partial charge is 0.436 e. The van der Waals surface area contributed by atoms with Gasteiger partial charge in [0.25, 0.3) is 0 Å².